The summed E-state index contributed by atoms with van der Waals surface area (Å²) >= 11 is 3.03. The van der Waals surface area contributed by atoms with E-state index >= 15 is 0 Å². The van der Waals surface area contributed by atoms with E-state index in [-0.39, 0.29) is 17.5 Å². The second-order valence-corrected chi connectivity index (χ2v) is 6.83. The van der Waals surface area contributed by atoms with Crippen LogP contribution in [0.1, 0.15) is 5.56 Å². The molecule has 2 aromatic rings. The fourth-order valence-electron chi connectivity index (χ4n) is 1.98. The summed E-state index contributed by atoms with van der Waals surface area (Å²) in [5.74, 6) is 0.588. The maximum atomic E-state index is 13.1. The quantitative estimate of drug-likeness (QED) is 0.904. The number of rotatable bonds is 3. The molecule has 1 amide bonds. The molecule has 1 aliphatic heterocycles. The van der Waals surface area contributed by atoms with Gasteiger partial charge in [0.1, 0.15) is 10.2 Å². The van der Waals surface area contributed by atoms with Gasteiger partial charge in [0.15, 0.2) is 0 Å². The number of benzene rings is 2. The molecule has 0 radical (unpaired) electrons. The van der Waals surface area contributed by atoms with Crippen molar-refractivity contribution in [3.63, 3.8) is 0 Å². The number of hydrogen-bond donors (Lipinski definition) is 1. The van der Waals surface area contributed by atoms with Crippen LogP contribution in [-0.2, 0) is 10.5 Å². The molecule has 1 aliphatic rings. The van der Waals surface area contributed by atoms with Crippen molar-refractivity contribution in [3.8, 4) is 0 Å². The molecule has 0 aliphatic carbocycles. The van der Waals surface area contributed by atoms with Gasteiger partial charge >= 0.3 is 0 Å². The zero-order chi connectivity index (χ0) is 15.4. The highest BCUT2D eigenvalue weighted by Gasteiger charge is 2.14. The average molecular weight is 332 g/mol. The summed E-state index contributed by atoms with van der Waals surface area (Å²) in [7, 11) is 0. The summed E-state index contributed by atoms with van der Waals surface area (Å²) in [6, 6.07) is 13.9. The Kier molecular flexibility index (Phi) is 4.80. The Labute approximate surface area is 136 Å². The molecule has 112 valence electrons. The van der Waals surface area contributed by atoms with Gasteiger partial charge in [-0.3, -0.25) is 4.79 Å². The summed E-state index contributed by atoms with van der Waals surface area (Å²) in [4.78, 5) is 16.4. The topological polar surface area (TPSA) is 41.5 Å². The molecule has 1 heterocycles. The Morgan fingerprint density at radius 1 is 1.27 bits per heavy atom. The largest absolute Gasteiger partial charge is 0.325 e. The van der Waals surface area contributed by atoms with Gasteiger partial charge in [0.05, 0.1) is 11.4 Å². The lowest BCUT2D eigenvalue weighted by Crippen LogP contribution is -2.15. The van der Waals surface area contributed by atoms with E-state index in [4.69, 9.17) is 0 Å². The van der Waals surface area contributed by atoms with Crippen molar-refractivity contribution >= 4 is 45.2 Å². The van der Waals surface area contributed by atoms with Gasteiger partial charge in [0.25, 0.3) is 0 Å². The van der Waals surface area contributed by atoms with Crippen LogP contribution in [0.3, 0.4) is 0 Å². The third-order valence-electron chi connectivity index (χ3n) is 2.99. The number of halogens is 1. The minimum atomic E-state index is -0.366. The van der Waals surface area contributed by atoms with Crippen LogP contribution in [0.5, 0.6) is 0 Å². The minimum absolute atomic E-state index is 0.169. The smallest absolute Gasteiger partial charge is 0.234 e. The van der Waals surface area contributed by atoms with E-state index in [1.54, 1.807) is 23.9 Å². The molecule has 0 unspecified atom stereocenters. The normalized spacial score (nSPS) is 13.2. The number of nitrogens with one attached hydrogen (secondary N) is 1. The Bertz CT molecular complexity index is 734. The average Bonchev–Trinajstić information content (AvgIpc) is 2.53. The predicted octanol–water partition coefficient (Wildman–Crippen LogP) is 4.43. The fraction of sp³-hybridized carbons (Fsp3) is 0.125. The van der Waals surface area contributed by atoms with Crippen molar-refractivity contribution < 1.29 is 9.18 Å². The third kappa shape index (κ3) is 3.90. The van der Waals surface area contributed by atoms with E-state index in [9.17, 15) is 9.18 Å². The molecule has 22 heavy (non-hydrogen) atoms. The van der Waals surface area contributed by atoms with Crippen molar-refractivity contribution in [2.24, 2.45) is 4.99 Å². The van der Waals surface area contributed by atoms with E-state index in [0.29, 0.717) is 5.69 Å². The molecule has 0 spiro atoms. The highest BCUT2D eigenvalue weighted by Crippen LogP contribution is 2.34. The maximum Gasteiger partial charge on any atom is 0.234 e. The lowest BCUT2D eigenvalue weighted by Gasteiger charge is -2.14. The standard InChI is InChI=1S/C16H13FN2OS2/c17-12-5-3-6-13(8-12)18-15(20)10-22-16-19-14-7-2-1-4-11(14)9-21-16/h1-8H,9-10H2,(H,18,20). The summed E-state index contributed by atoms with van der Waals surface area (Å²) in [6.07, 6.45) is 0. The molecule has 0 saturated carbocycles. The number of aliphatic imine (C=N–C) groups is 1. The van der Waals surface area contributed by atoms with Gasteiger partial charge in [-0.2, -0.15) is 0 Å². The molecule has 3 nitrogen and oxygen atoms in total. The first-order valence-corrected chi connectivity index (χ1v) is 8.65. The minimum Gasteiger partial charge on any atom is -0.325 e. The van der Waals surface area contributed by atoms with Crippen molar-refractivity contribution in [2.75, 3.05) is 11.1 Å². The summed E-state index contributed by atoms with van der Waals surface area (Å²) in [6.45, 7) is 0. The van der Waals surface area contributed by atoms with Gasteiger partial charge in [-0.15, -0.1) is 0 Å². The number of para-hydroxylation sites is 1. The predicted molar refractivity (Wildman–Crippen MR) is 92.3 cm³/mol. The van der Waals surface area contributed by atoms with Crippen molar-refractivity contribution in [1.29, 1.82) is 0 Å². The molecule has 0 fully saturated rings. The maximum absolute atomic E-state index is 13.1. The van der Waals surface area contributed by atoms with Crippen LogP contribution in [0.4, 0.5) is 15.8 Å². The lowest BCUT2D eigenvalue weighted by atomic mass is 10.2. The molecule has 2 aromatic carbocycles. The van der Waals surface area contributed by atoms with Crippen LogP contribution in [0.25, 0.3) is 0 Å². The first-order chi connectivity index (χ1) is 10.7. The number of hydrogen-bond acceptors (Lipinski definition) is 4. The zero-order valence-corrected chi connectivity index (χ0v) is 13.2. The Balaban J connectivity index is 1.57. The lowest BCUT2D eigenvalue weighted by molar-refractivity contribution is -0.113. The second-order valence-electron chi connectivity index (χ2n) is 4.64. The number of nitrogens with zero attached hydrogens (tertiary/aromatic N) is 1. The number of anilines is 1. The highest BCUT2D eigenvalue weighted by atomic mass is 32.2. The van der Waals surface area contributed by atoms with Crippen molar-refractivity contribution in [1.82, 2.24) is 0 Å². The van der Waals surface area contributed by atoms with Crippen LogP contribution in [0.15, 0.2) is 53.5 Å². The van der Waals surface area contributed by atoms with Gasteiger partial charge < -0.3 is 5.32 Å². The van der Waals surface area contributed by atoms with Gasteiger partial charge in [-0.1, -0.05) is 47.8 Å². The Hall–Kier alpha value is -1.79. The van der Waals surface area contributed by atoms with Crippen molar-refractivity contribution in [3.05, 3.63) is 59.9 Å². The van der Waals surface area contributed by atoms with Crippen LogP contribution in [-0.4, -0.2) is 16.0 Å². The Morgan fingerprint density at radius 3 is 3.00 bits per heavy atom. The van der Waals surface area contributed by atoms with Gasteiger partial charge in [0.2, 0.25) is 5.91 Å². The van der Waals surface area contributed by atoms with Crippen LogP contribution < -0.4 is 5.32 Å². The molecule has 0 atom stereocenters. The van der Waals surface area contributed by atoms with Crippen LogP contribution in [0.2, 0.25) is 0 Å². The molecule has 0 saturated heterocycles. The molecule has 0 bridgehead atoms. The Morgan fingerprint density at radius 2 is 2.14 bits per heavy atom. The van der Waals surface area contributed by atoms with Gasteiger partial charge in [-0.25, -0.2) is 9.38 Å². The second kappa shape index (κ2) is 6.98. The number of fused-ring (bicyclic) bond motifs is 1. The zero-order valence-electron chi connectivity index (χ0n) is 11.6. The highest BCUT2D eigenvalue weighted by molar-refractivity contribution is 8.38. The van der Waals surface area contributed by atoms with Gasteiger partial charge in [0, 0.05) is 11.4 Å². The first kappa shape index (κ1) is 15.1. The van der Waals surface area contributed by atoms with E-state index in [1.165, 1.54) is 29.5 Å². The van der Waals surface area contributed by atoms with E-state index in [0.717, 1.165) is 15.8 Å². The summed E-state index contributed by atoms with van der Waals surface area (Å²) in [5.41, 5.74) is 2.64. The summed E-state index contributed by atoms with van der Waals surface area (Å²) in [5, 5.41) is 2.68. The SMILES string of the molecule is O=C(CSC1=Nc2ccccc2CS1)Nc1cccc(F)c1. The third-order valence-corrected chi connectivity index (χ3v) is 5.24. The van der Waals surface area contributed by atoms with E-state index in [2.05, 4.69) is 16.4 Å². The number of carbonyl (C=O) groups is 1. The summed E-state index contributed by atoms with van der Waals surface area (Å²) < 4.78 is 13.9. The van der Waals surface area contributed by atoms with E-state index < -0.39 is 0 Å². The molecule has 0 aromatic heterocycles. The fourth-order valence-corrected chi connectivity index (χ4v) is 3.84. The van der Waals surface area contributed by atoms with Crippen molar-refractivity contribution in [2.45, 2.75) is 5.75 Å². The number of carbonyl (C=O) groups excluding carboxylic acids is 1. The monoisotopic (exact) mass is 332 g/mol. The molecule has 3 rings (SSSR count). The molecule has 1 N–H and O–H groups in total. The van der Waals surface area contributed by atoms with Gasteiger partial charge in [-0.05, 0) is 29.8 Å². The van der Waals surface area contributed by atoms with E-state index in [1.807, 2.05) is 18.2 Å². The number of thioether (sulfide) groups is 2. The molecular weight excluding hydrogens is 319 g/mol. The molecule has 6 heteroatoms. The number of amides is 1. The van der Waals surface area contributed by atoms with Crippen LogP contribution >= 0.6 is 23.5 Å². The first-order valence-electron chi connectivity index (χ1n) is 6.68. The van der Waals surface area contributed by atoms with Crippen LogP contribution in [0, 0.1) is 5.82 Å². The molecular formula is C16H13FN2OS2.